The second kappa shape index (κ2) is 11.0. The van der Waals surface area contributed by atoms with Crippen LogP contribution in [0.3, 0.4) is 0 Å². The lowest BCUT2D eigenvalue weighted by Gasteiger charge is -2.30. The Balaban J connectivity index is 1.98. The Hall–Kier alpha value is -2.82. The third-order valence-corrected chi connectivity index (χ3v) is 4.37. The molecule has 0 aliphatic heterocycles. The number of amides is 2. The molecule has 144 valence electrons. The average Bonchev–Trinajstić information content (AvgIpc) is 2.72. The van der Waals surface area contributed by atoms with Crippen molar-refractivity contribution in [1.82, 2.24) is 10.2 Å². The van der Waals surface area contributed by atoms with Crippen LogP contribution < -0.4 is 10.1 Å². The molecule has 0 saturated heterocycles. The van der Waals surface area contributed by atoms with Gasteiger partial charge in [0.05, 0.1) is 6.61 Å². The van der Waals surface area contributed by atoms with E-state index in [-0.39, 0.29) is 11.8 Å². The summed E-state index contributed by atoms with van der Waals surface area (Å²) in [6, 6.07) is 18.8. The van der Waals surface area contributed by atoms with Gasteiger partial charge in [0, 0.05) is 20.0 Å². The van der Waals surface area contributed by atoms with Gasteiger partial charge in [0.25, 0.3) is 0 Å². The normalized spacial score (nSPS) is 11.5. The second-order valence-corrected chi connectivity index (χ2v) is 6.31. The Bertz CT molecular complexity index is 704. The molecule has 0 aliphatic rings. The highest BCUT2D eigenvalue weighted by atomic mass is 16.5. The summed E-state index contributed by atoms with van der Waals surface area (Å²) in [6.07, 6.45) is 1.51. The lowest BCUT2D eigenvalue weighted by Crippen LogP contribution is -2.48. The van der Waals surface area contributed by atoms with Gasteiger partial charge >= 0.3 is 0 Å². The molecule has 0 fully saturated rings. The molecule has 1 atom stereocenters. The monoisotopic (exact) mass is 368 g/mol. The van der Waals surface area contributed by atoms with Crippen LogP contribution in [0.25, 0.3) is 0 Å². The van der Waals surface area contributed by atoms with Crippen LogP contribution in [0, 0.1) is 0 Å². The largest absolute Gasteiger partial charge is 0.494 e. The van der Waals surface area contributed by atoms with Crippen molar-refractivity contribution in [2.24, 2.45) is 0 Å². The van der Waals surface area contributed by atoms with E-state index in [9.17, 15) is 9.59 Å². The summed E-state index contributed by atoms with van der Waals surface area (Å²) < 4.78 is 5.66. The summed E-state index contributed by atoms with van der Waals surface area (Å²) in [6.45, 7) is 2.81. The van der Waals surface area contributed by atoms with Crippen LogP contribution in [0.1, 0.15) is 31.7 Å². The second-order valence-electron chi connectivity index (χ2n) is 6.31. The summed E-state index contributed by atoms with van der Waals surface area (Å²) in [5.74, 6) is 0.621. The molecule has 0 radical (unpaired) electrons. The summed E-state index contributed by atoms with van der Waals surface area (Å²) >= 11 is 0. The first-order valence-corrected chi connectivity index (χ1v) is 9.38. The number of hydrogen-bond acceptors (Lipinski definition) is 3. The van der Waals surface area contributed by atoms with Crippen LogP contribution in [0.4, 0.5) is 0 Å². The van der Waals surface area contributed by atoms with E-state index in [4.69, 9.17) is 4.74 Å². The zero-order valence-corrected chi connectivity index (χ0v) is 16.1. The molecule has 5 heteroatoms. The van der Waals surface area contributed by atoms with Crippen LogP contribution >= 0.6 is 0 Å². The highest BCUT2D eigenvalue weighted by molar-refractivity contribution is 5.87. The lowest BCUT2D eigenvalue weighted by atomic mass is 10.1. The van der Waals surface area contributed by atoms with Gasteiger partial charge < -0.3 is 15.0 Å². The number of nitrogens with zero attached hydrogens (tertiary/aromatic N) is 1. The number of likely N-dealkylation sites (N-methyl/N-ethyl adjacent to an activating group) is 1. The van der Waals surface area contributed by atoms with E-state index in [1.54, 1.807) is 11.9 Å². The van der Waals surface area contributed by atoms with Crippen LogP contribution in [0.2, 0.25) is 0 Å². The minimum absolute atomic E-state index is 0.0361. The van der Waals surface area contributed by atoms with Crippen molar-refractivity contribution in [3.05, 3.63) is 66.2 Å². The molecule has 0 spiro atoms. The van der Waals surface area contributed by atoms with Crippen molar-refractivity contribution >= 4 is 11.8 Å². The van der Waals surface area contributed by atoms with Crippen LogP contribution in [0.15, 0.2) is 60.7 Å². The maximum atomic E-state index is 12.9. The van der Waals surface area contributed by atoms with Crippen molar-refractivity contribution in [3.63, 3.8) is 0 Å². The minimum atomic E-state index is -0.474. The van der Waals surface area contributed by atoms with Crippen molar-refractivity contribution in [2.45, 2.75) is 38.8 Å². The zero-order valence-electron chi connectivity index (χ0n) is 16.1. The predicted molar refractivity (Wildman–Crippen MR) is 106 cm³/mol. The molecule has 0 aliphatic carbocycles. The highest BCUT2D eigenvalue weighted by Gasteiger charge is 2.27. The molecule has 1 unspecified atom stereocenters. The van der Waals surface area contributed by atoms with Crippen molar-refractivity contribution in [2.75, 3.05) is 13.7 Å². The Morgan fingerprint density at radius 3 is 2.26 bits per heavy atom. The van der Waals surface area contributed by atoms with E-state index in [1.165, 1.54) is 0 Å². The van der Waals surface area contributed by atoms with E-state index in [0.29, 0.717) is 32.4 Å². The molecular formula is C22H28N2O3. The number of nitrogens with one attached hydrogen (secondary N) is 1. The fraction of sp³-hybridized carbons (Fsp3) is 0.364. The Labute approximate surface area is 161 Å². The van der Waals surface area contributed by atoms with Crippen molar-refractivity contribution < 1.29 is 14.3 Å². The number of carbonyl (C=O) groups is 2. The summed E-state index contributed by atoms with van der Waals surface area (Å²) in [4.78, 5) is 26.8. The molecular weight excluding hydrogens is 340 g/mol. The number of rotatable bonds is 10. The first kappa shape index (κ1) is 20.5. The van der Waals surface area contributed by atoms with Gasteiger partial charge in [0.15, 0.2) is 0 Å². The predicted octanol–water partition coefficient (Wildman–Crippen LogP) is 3.40. The van der Waals surface area contributed by atoms with E-state index in [2.05, 4.69) is 5.32 Å². The Morgan fingerprint density at radius 1 is 1.04 bits per heavy atom. The molecule has 1 N–H and O–H groups in total. The Morgan fingerprint density at radius 2 is 1.67 bits per heavy atom. The molecule has 2 amide bonds. The molecule has 2 aromatic rings. The third kappa shape index (κ3) is 6.44. The van der Waals surface area contributed by atoms with Gasteiger partial charge in [-0.05, 0) is 30.5 Å². The standard InChI is InChI=1S/C22H28N2O3/c1-3-20(22(26)23-2)24(17-18-11-6-4-7-12-18)21(25)15-10-16-27-19-13-8-5-9-14-19/h4-9,11-14,20H,3,10,15-17H2,1-2H3,(H,23,26). The molecule has 0 bridgehead atoms. The van der Waals surface area contributed by atoms with Crippen molar-refractivity contribution in [3.8, 4) is 5.75 Å². The van der Waals surface area contributed by atoms with Gasteiger partial charge in [0.1, 0.15) is 11.8 Å². The highest BCUT2D eigenvalue weighted by Crippen LogP contribution is 2.15. The third-order valence-electron chi connectivity index (χ3n) is 4.37. The number of benzene rings is 2. The summed E-state index contributed by atoms with van der Waals surface area (Å²) in [7, 11) is 1.60. The molecule has 2 aromatic carbocycles. The molecule has 0 aromatic heterocycles. The van der Waals surface area contributed by atoms with E-state index in [1.807, 2.05) is 67.6 Å². The van der Waals surface area contributed by atoms with Gasteiger partial charge in [-0.3, -0.25) is 9.59 Å². The topological polar surface area (TPSA) is 58.6 Å². The molecule has 0 heterocycles. The first-order valence-electron chi connectivity index (χ1n) is 9.38. The quantitative estimate of drug-likeness (QED) is 0.654. The smallest absolute Gasteiger partial charge is 0.242 e. The van der Waals surface area contributed by atoms with Crippen LogP contribution in [-0.4, -0.2) is 36.4 Å². The minimum Gasteiger partial charge on any atom is -0.494 e. The van der Waals surface area contributed by atoms with Crippen LogP contribution in [-0.2, 0) is 16.1 Å². The average molecular weight is 368 g/mol. The number of hydrogen-bond donors (Lipinski definition) is 1. The van der Waals surface area contributed by atoms with Gasteiger partial charge in [-0.2, -0.15) is 0 Å². The van der Waals surface area contributed by atoms with E-state index >= 15 is 0 Å². The molecule has 2 rings (SSSR count). The zero-order chi connectivity index (χ0) is 19.5. The number of ether oxygens (including phenoxy) is 1. The maximum absolute atomic E-state index is 12.9. The molecule has 0 saturated carbocycles. The van der Waals surface area contributed by atoms with E-state index in [0.717, 1.165) is 11.3 Å². The van der Waals surface area contributed by atoms with E-state index < -0.39 is 6.04 Å². The SMILES string of the molecule is CCC(C(=O)NC)N(Cc1ccccc1)C(=O)CCCOc1ccccc1. The van der Waals surface area contributed by atoms with Gasteiger partial charge in [-0.15, -0.1) is 0 Å². The summed E-state index contributed by atoms with van der Waals surface area (Å²) in [5, 5.41) is 2.67. The summed E-state index contributed by atoms with van der Waals surface area (Å²) in [5.41, 5.74) is 1.01. The number of para-hydroxylation sites is 1. The van der Waals surface area contributed by atoms with Gasteiger partial charge in [-0.1, -0.05) is 55.5 Å². The fourth-order valence-electron chi connectivity index (χ4n) is 2.94. The maximum Gasteiger partial charge on any atom is 0.242 e. The van der Waals surface area contributed by atoms with Gasteiger partial charge in [0.2, 0.25) is 11.8 Å². The first-order chi connectivity index (χ1) is 13.2. The Kier molecular flexibility index (Phi) is 8.36. The van der Waals surface area contributed by atoms with Crippen LogP contribution in [0.5, 0.6) is 5.75 Å². The lowest BCUT2D eigenvalue weighted by molar-refractivity contribution is -0.141. The van der Waals surface area contributed by atoms with Crippen molar-refractivity contribution in [1.29, 1.82) is 0 Å². The number of carbonyl (C=O) groups excluding carboxylic acids is 2. The fourth-order valence-corrected chi connectivity index (χ4v) is 2.94. The molecule has 27 heavy (non-hydrogen) atoms. The molecule has 5 nitrogen and oxygen atoms in total. The van der Waals surface area contributed by atoms with Gasteiger partial charge in [-0.25, -0.2) is 0 Å².